The van der Waals surface area contributed by atoms with Crippen LogP contribution < -0.4 is 5.63 Å². The van der Waals surface area contributed by atoms with Crippen LogP contribution in [0.5, 0.6) is 0 Å². The van der Waals surface area contributed by atoms with Gasteiger partial charge in [-0.2, -0.15) is 0 Å². The van der Waals surface area contributed by atoms with E-state index in [1.807, 2.05) is 6.07 Å². The standard InChI is InChI=1S/C24H34N2O2/c1-3-19-6-7-22-21(14-24(27)28-23(22)13-19)17-26-10-4-5-20(16-26)15-25-11-8-18(2)9-12-25/h6-7,13-14,18,20H,3-5,8-12,15-17H2,1-2H3. The summed E-state index contributed by atoms with van der Waals surface area (Å²) in [5.41, 5.74) is 2.83. The zero-order valence-electron chi connectivity index (χ0n) is 17.5. The van der Waals surface area contributed by atoms with Crippen molar-refractivity contribution in [3.05, 3.63) is 45.8 Å². The molecule has 152 valence electrons. The predicted molar refractivity (Wildman–Crippen MR) is 115 cm³/mol. The maximum Gasteiger partial charge on any atom is 0.336 e. The van der Waals surface area contributed by atoms with E-state index in [9.17, 15) is 4.79 Å². The number of benzene rings is 1. The largest absolute Gasteiger partial charge is 0.423 e. The van der Waals surface area contributed by atoms with Crippen molar-refractivity contribution in [1.82, 2.24) is 9.80 Å². The van der Waals surface area contributed by atoms with E-state index < -0.39 is 0 Å². The van der Waals surface area contributed by atoms with Gasteiger partial charge in [0.2, 0.25) is 0 Å². The first-order valence-corrected chi connectivity index (χ1v) is 11.1. The van der Waals surface area contributed by atoms with Gasteiger partial charge in [-0.1, -0.05) is 26.0 Å². The summed E-state index contributed by atoms with van der Waals surface area (Å²) in [7, 11) is 0. The molecule has 2 saturated heterocycles. The van der Waals surface area contributed by atoms with Gasteiger partial charge in [-0.3, -0.25) is 4.90 Å². The smallest absolute Gasteiger partial charge is 0.336 e. The van der Waals surface area contributed by atoms with Crippen molar-refractivity contribution in [2.45, 2.75) is 52.5 Å². The second-order valence-electron chi connectivity index (χ2n) is 9.00. The Morgan fingerprint density at radius 1 is 1.07 bits per heavy atom. The molecule has 0 N–H and O–H groups in total. The summed E-state index contributed by atoms with van der Waals surface area (Å²) in [6.45, 7) is 11.4. The molecule has 4 rings (SSSR count). The van der Waals surface area contributed by atoms with Gasteiger partial charge in [0, 0.05) is 31.1 Å². The Kier molecular flexibility index (Phi) is 6.17. The summed E-state index contributed by atoms with van der Waals surface area (Å²) in [5.74, 6) is 1.64. The normalized spacial score (nSPS) is 22.7. The Labute approximate surface area is 168 Å². The van der Waals surface area contributed by atoms with Gasteiger partial charge in [0.25, 0.3) is 0 Å². The minimum Gasteiger partial charge on any atom is -0.423 e. The van der Waals surface area contributed by atoms with Gasteiger partial charge in [0.1, 0.15) is 5.58 Å². The Hall–Kier alpha value is -1.65. The number of likely N-dealkylation sites (tertiary alicyclic amines) is 2. The van der Waals surface area contributed by atoms with Gasteiger partial charge in [-0.05, 0) is 80.8 Å². The van der Waals surface area contributed by atoms with E-state index in [1.54, 1.807) is 6.07 Å². The van der Waals surface area contributed by atoms with Gasteiger partial charge in [0.15, 0.2) is 0 Å². The first-order valence-electron chi connectivity index (χ1n) is 11.1. The summed E-state index contributed by atoms with van der Waals surface area (Å²) in [5, 5.41) is 1.09. The highest BCUT2D eigenvalue weighted by Gasteiger charge is 2.24. The topological polar surface area (TPSA) is 36.7 Å². The molecule has 2 aliphatic rings. The molecule has 0 radical (unpaired) electrons. The van der Waals surface area contributed by atoms with Crippen LogP contribution in [0.15, 0.2) is 33.5 Å². The van der Waals surface area contributed by atoms with Crippen LogP contribution in [-0.4, -0.2) is 42.5 Å². The molecule has 0 aliphatic carbocycles. The van der Waals surface area contributed by atoms with E-state index in [0.717, 1.165) is 54.4 Å². The van der Waals surface area contributed by atoms with Crippen molar-refractivity contribution in [3.63, 3.8) is 0 Å². The van der Waals surface area contributed by atoms with Crippen LogP contribution >= 0.6 is 0 Å². The minimum absolute atomic E-state index is 0.230. The van der Waals surface area contributed by atoms with Crippen LogP contribution in [0.25, 0.3) is 11.0 Å². The predicted octanol–water partition coefficient (Wildman–Crippen LogP) is 4.30. The maximum atomic E-state index is 12.1. The van der Waals surface area contributed by atoms with Crippen LogP contribution in [0.1, 0.15) is 50.7 Å². The zero-order chi connectivity index (χ0) is 19.5. The summed E-state index contributed by atoms with van der Waals surface area (Å²) in [6, 6.07) is 8.01. The summed E-state index contributed by atoms with van der Waals surface area (Å²) in [6.07, 6.45) is 6.24. The monoisotopic (exact) mass is 382 g/mol. The number of aryl methyl sites for hydroxylation is 1. The van der Waals surface area contributed by atoms with E-state index in [-0.39, 0.29) is 5.63 Å². The highest BCUT2D eigenvalue weighted by Crippen LogP contribution is 2.25. The second-order valence-corrected chi connectivity index (χ2v) is 9.00. The van der Waals surface area contributed by atoms with Crippen LogP contribution in [0.3, 0.4) is 0 Å². The number of rotatable bonds is 5. The van der Waals surface area contributed by atoms with Crippen molar-refractivity contribution >= 4 is 11.0 Å². The number of hydrogen-bond donors (Lipinski definition) is 0. The van der Waals surface area contributed by atoms with Gasteiger partial charge in [-0.15, -0.1) is 0 Å². The number of fused-ring (bicyclic) bond motifs is 1. The number of hydrogen-bond acceptors (Lipinski definition) is 4. The fourth-order valence-electron chi connectivity index (χ4n) is 4.92. The van der Waals surface area contributed by atoms with E-state index in [2.05, 4.69) is 35.8 Å². The van der Waals surface area contributed by atoms with E-state index in [0.29, 0.717) is 0 Å². The van der Waals surface area contributed by atoms with Crippen LogP contribution in [-0.2, 0) is 13.0 Å². The third-order valence-corrected chi connectivity index (χ3v) is 6.69. The summed E-state index contributed by atoms with van der Waals surface area (Å²) >= 11 is 0. The van der Waals surface area contributed by atoms with Gasteiger partial charge in [0.05, 0.1) is 0 Å². The molecule has 2 fully saturated rings. The molecule has 4 heteroatoms. The molecule has 1 aromatic heterocycles. The molecule has 1 atom stereocenters. The molecule has 4 nitrogen and oxygen atoms in total. The lowest BCUT2D eigenvalue weighted by molar-refractivity contribution is 0.109. The average molecular weight is 383 g/mol. The molecular formula is C24H34N2O2. The van der Waals surface area contributed by atoms with Crippen LogP contribution in [0, 0.1) is 11.8 Å². The third kappa shape index (κ3) is 4.66. The molecule has 1 aromatic carbocycles. The molecule has 3 heterocycles. The Morgan fingerprint density at radius 2 is 1.89 bits per heavy atom. The van der Waals surface area contributed by atoms with E-state index in [4.69, 9.17) is 4.42 Å². The lowest BCUT2D eigenvalue weighted by atomic mass is 9.94. The first kappa shape index (κ1) is 19.7. The molecule has 2 aliphatic heterocycles. The van der Waals surface area contributed by atoms with Gasteiger partial charge >= 0.3 is 5.63 Å². The quantitative estimate of drug-likeness (QED) is 0.723. The fraction of sp³-hybridized carbons (Fsp3) is 0.625. The number of piperidine rings is 2. The SMILES string of the molecule is CCc1ccc2c(CN3CCCC(CN4CCC(C)CC4)C3)cc(=O)oc2c1. The van der Waals surface area contributed by atoms with Crippen LogP contribution in [0.2, 0.25) is 0 Å². The molecule has 28 heavy (non-hydrogen) atoms. The minimum atomic E-state index is -0.230. The number of nitrogens with zero attached hydrogens (tertiary/aromatic N) is 2. The average Bonchev–Trinajstić information content (AvgIpc) is 2.69. The van der Waals surface area contributed by atoms with Crippen molar-refractivity contribution < 1.29 is 4.42 Å². The Morgan fingerprint density at radius 3 is 2.68 bits per heavy atom. The molecule has 0 spiro atoms. The van der Waals surface area contributed by atoms with Gasteiger partial charge in [-0.25, -0.2) is 4.79 Å². The maximum absolute atomic E-state index is 12.1. The second kappa shape index (κ2) is 8.79. The highest BCUT2D eigenvalue weighted by atomic mass is 16.4. The lowest BCUT2D eigenvalue weighted by Crippen LogP contribution is -2.43. The molecule has 2 aromatic rings. The third-order valence-electron chi connectivity index (χ3n) is 6.69. The van der Waals surface area contributed by atoms with E-state index in [1.165, 1.54) is 50.9 Å². The molecule has 1 unspecified atom stereocenters. The molecule has 0 amide bonds. The summed E-state index contributed by atoms with van der Waals surface area (Å²) < 4.78 is 5.48. The fourth-order valence-corrected chi connectivity index (χ4v) is 4.92. The Bertz CT molecular complexity index is 851. The van der Waals surface area contributed by atoms with Crippen LogP contribution in [0.4, 0.5) is 0 Å². The van der Waals surface area contributed by atoms with Gasteiger partial charge < -0.3 is 9.32 Å². The van der Waals surface area contributed by atoms with Crippen molar-refractivity contribution in [2.24, 2.45) is 11.8 Å². The summed E-state index contributed by atoms with van der Waals surface area (Å²) in [4.78, 5) is 17.3. The van der Waals surface area contributed by atoms with Crippen molar-refractivity contribution in [2.75, 3.05) is 32.7 Å². The Balaban J connectivity index is 1.44. The molecular weight excluding hydrogens is 348 g/mol. The first-order chi connectivity index (χ1) is 13.6. The van der Waals surface area contributed by atoms with Crippen molar-refractivity contribution in [1.29, 1.82) is 0 Å². The molecule has 0 bridgehead atoms. The van der Waals surface area contributed by atoms with Crippen molar-refractivity contribution in [3.8, 4) is 0 Å². The zero-order valence-corrected chi connectivity index (χ0v) is 17.5. The highest BCUT2D eigenvalue weighted by molar-refractivity contribution is 5.80. The lowest BCUT2D eigenvalue weighted by Gasteiger charge is -2.38. The molecule has 0 saturated carbocycles. The van der Waals surface area contributed by atoms with E-state index >= 15 is 0 Å².